The molecule has 0 radical (unpaired) electrons. The Bertz CT molecular complexity index is 760. The van der Waals surface area contributed by atoms with E-state index in [1.807, 2.05) is 41.3 Å². The van der Waals surface area contributed by atoms with Crippen molar-refractivity contribution in [3.63, 3.8) is 0 Å². The van der Waals surface area contributed by atoms with E-state index in [9.17, 15) is 9.90 Å². The van der Waals surface area contributed by atoms with Crippen molar-refractivity contribution >= 4 is 17.5 Å². The van der Waals surface area contributed by atoms with Crippen molar-refractivity contribution in [2.24, 2.45) is 5.92 Å². The highest BCUT2D eigenvalue weighted by Gasteiger charge is 2.46. The number of nitrogens with zero attached hydrogens (tertiary/aromatic N) is 2. The summed E-state index contributed by atoms with van der Waals surface area (Å²) in [5, 5.41) is 10.1. The number of aromatic hydroxyl groups is 1. The molecular weight excluding hydrogens is 336 g/mol. The number of hydrogen-bond donors (Lipinski definition) is 1. The number of halogens is 1. The minimum absolute atomic E-state index is 0.196. The van der Waals surface area contributed by atoms with Crippen molar-refractivity contribution in [3.8, 4) is 5.75 Å². The number of fused-ring (bicyclic) bond motifs is 1. The van der Waals surface area contributed by atoms with Crippen molar-refractivity contribution < 1.29 is 9.90 Å². The lowest BCUT2D eigenvalue weighted by molar-refractivity contribution is -0.129. The summed E-state index contributed by atoms with van der Waals surface area (Å²) in [4.78, 5) is 17.0. The van der Waals surface area contributed by atoms with Gasteiger partial charge in [0, 0.05) is 43.2 Å². The molecule has 1 N–H and O–H groups in total. The summed E-state index contributed by atoms with van der Waals surface area (Å²) < 4.78 is 0. The third-order valence-electron chi connectivity index (χ3n) is 5.29. The van der Waals surface area contributed by atoms with Gasteiger partial charge in [-0.2, -0.15) is 0 Å². The van der Waals surface area contributed by atoms with Gasteiger partial charge < -0.3 is 10.0 Å². The van der Waals surface area contributed by atoms with E-state index in [2.05, 4.69) is 4.90 Å². The van der Waals surface area contributed by atoms with Crippen LogP contribution < -0.4 is 0 Å². The molecule has 0 spiro atoms. The largest absolute Gasteiger partial charge is 0.508 e. The fourth-order valence-electron chi connectivity index (χ4n) is 3.86. The molecule has 1 amide bonds. The molecule has 130 valence electrons. The molecule has 2 heterocycles. The van der Waals surface area contributed by atoms with E-state index in [0.717, 1.165) is 31.7 Å². The molecule has 5 heteroatoms. The summed E-state index contributed by atoms with van der Waals surface area (Å²) in [6, 6.07) is 15.3. The lowest BCUT2D eigenvalue weighted by Gasteiger charge is -2.43. The van der Waals surface area contributed by atoms with Crippen LogP contribution in [-0.2, 0) is 17.8 Å². The first-order valence-electron chi connectivity index (χ1n) is 8.62. The van der Waals surface area contributed by atoms with Gasteiger partial charge in [0.2, 0.25) is 5.91 Å². The van der Waals surface area contributed by atoms with Gasteiger partial charge in [-0.1, -0.05) is 35.9 Å². The van der Waals surface area contributed by atoms with Crippen LogP contribution in [0.2, 0.25) is 5.02 Å². The predicted octanol–water partition coefficient (Wildman–Crippen LogP) is 2.93. The zero-order chi connectivity index (χ0) is 17.4. The SMILES string of the molecule is O=C(Cc1ccc(Cl)cc1)N1C[C@@H]2CN(Cc3ccc(O)cc3)[C@@H]2C1. The number of likely N-dealkylation sites (tertiary alicyclic amines) is 2. The maximum atomic E-state index is 12.6. The Hall–Kier alpha value is -2.04. The van der Waals surface area contributed by atoms with Gasteiger partial charge in [0.05, 0.1) is 6.42 Å². The van der Waals surface area contributed by atoms with Gasteiger partial charge in [-0.3, -0.25) is 9.69 Å². The van der Waals surface area contributed by atoms with Crippen LogP contribution in [-0.4, -0.2) is 46.5 Å². The highest BCUT2D eigenvalue weighted by Crippen LogP contribution is 2.34. The summed E-state index contributed by atoms with van der Waals surface area (Å²) >= 11 is 5.90. The lowest BCUT2D eigenvalue weighted by Crippen LogP contribution is -2.54. The molecule has 2 saturated heterocycles. The fourth-order valence-corrected chi connectivity index (χ4v) is 3.98. The first-order valence-corrected chi connectivity index (χ1v) is 9.00. The highest BCUT2D eigenvalue weighted by atomic mass is 35.5. The molecule has 4 nitrogen and oxygen atoms in total. The van der Waals surface area contributed by atoms with Crippen LogP contribution in [0.3, 0.4) is 0 Å². The molecule has 2 aromatic carbocycles. The average Bonchev–Trinajstić information content (AvgIpc) is 2.94. The van der Waals surface area contributed by atoms with Crippen LogP contribution in [0.4, 0.5) is 0 Å². The molecule has 2 atom stereocenters. The van der Waals surface area contributed by atoms with Gasteiger partial charge in [0.15, 0.2) is 0 Å². The van der Waals surface area contributed by atoms with E-state index >= 15 is 0 Å². The molecular formula is C20H21ClN2O2. The number of carbonyl (C=O) groups excluding carboxylic acids is 1. The predicted molar refractivity (Wildman–Crippen MR) is 97.5 cm³/mol. The monoisotopic (exact) mass is 356 g/mol. The summed E-state index contributed by atoms with van der Waals surface area (Å²) in [6.45, 7) is 3.59. The molecule has 0 saturated carbocycles. The third kappa shape index (κ3) is 3.51. The van der Waals surface area contributed by atoms with Crippen molar-refractivity contribution in [2.45, 2.75) is 19.0 Å². The zero-order valence-electron chi connectivity index (χ0n) is 13.9. The number of benzene rings is 2. The van der Waals surface area contributed by atoms with Crippen LogP contribution in [0.5, 0.6) is 5.75 Å². The quantitative estimate of drug-likeness (QED) is 0.916. The van der Waals surface area contributed by atoms with Gasteiger partial charge in [-0.15, -0.1) is 0 Å². The second-order valence-corrected chi connectivity index (χ2v) is 7.46. The zero-order valence-corrected chi connectivity index (χ0v) is 14.7. The third-order valence-corrected chi connectivity index (χ3v) is 5.54. The van der Waals surface area contributed by atoms with Gasteiger partial charge in [-0.05, 0) is 35.4 Å². The summed E-state index contributed by atoms with van der Waals surface area (Å²) in [5.41, 5.74) is 2.21. The lowest BCUT2D eigenvalue weighted by atomic mass is 9.91. The molecule has 25 heavy (non-hydrogen) atoms. The van der Waals surface area contributed by atoms with Crippen LogP contribution >= 0.6 is 11.6 Å². The minimum atomic E-state index is 0.196. The average molecular weight is 357 g/mol. The maximum Gasteiger partial charge on any atom is 0.227 e. The van der Waals surface area contributed by atoms with Crippen molar-refractivity contribution in [1.82, 2.24) is 9.80 Å². The number of carbonyl (C=O) groups is 1. The van der Waals surface area contributed by atoms with Gasteiger partial charge >= 0.3 is 0 Å². The molecule has 2 aliphatic rings. The second kappa shape index (κ2) is 6.70. The topological polar surface area (TPSA) is 43.8 Å². The van der Waals surface area contributed by atoms with Crippen molar-refractivity contribution in [3.05, 3.63) is 64.7 Å². The molecule has 2 fully saturated rings. The van der Waals surface area contributed by atoms with Crippen LogP contribution in [0.1, 0.15) is 11.1 Å². The summed E-state index contributed by atoms with van der Waals surface area (Å²) in [7, 11) is 0. The Balaban J connectivity index is 1.33. The molecule has 2 aromatic rings. The van der Waals surface area contributed by atoms with Crippen LogP contribution in [0.25, 0.3) is 0 Å². The number of rotatable bonds is 4. The molecule has 0 bridgehead atoms. The van der Waals surface area contributed by atoms with Gasteiger partial charge in [-0.25, -0.2) is 0 Å². The number of phenolic OH excluding ortho intramolecular Hbond substituents is 1. The Morgan fingerprint density at radius 2 is 1.68 bits per heavy atom. The molecule has 2 aliphatic heterocycles. The standard InChI is InChI=1S/C20H21ClN2O2/c21-17-5-1-14(2-6-17)9-20(25)23-12-16-11-22(19(16)13-23)10-15-3-7-18(24)8-4-15/h1-8,16,19,24H,9-13H2/t16-,19+/m0/s1. The summed E-state index contributed by atoms with van der Waals surface area (Å²) in [6.07, 6.45) is 0.439. The minimum Gasteiger partial charge on any atom is -0.508 e. The Morgan fingerprint density at radius 1 is 1.00 bits per heavy atom. The second-order valence-electron chi connectivity index (χ2n) is 7.03. The van der Waals surface area contributed by atoms with E-state index in [1.54, 1.807) is 12.1 Å². The van der Waals surface area contributed by atoms with Crippen LogP contribution in [0.15, 0.2) is 48.5 Å². The van der Waals surface area contributed by atoms with Crippen LogP contribution in [0, 0.1) is 5.92 Å². The van der Waals surface area contributed by atoms with E-state index < -0.39 is 0 Å². The Labute approximate surface area is 152 Å². The number of hydrogen-bond acceptors (Lipinski definition) is 3. The molecule has 0 unspecified atom stereocenters. The van der Waals surface area contributed by atoms with Gasteiger partial charge in [0.25, 0.3) is 0 Å². The van der Waals surface area contributed by atoms with E-state index in [-0.39, 0.29) is 5.91 Å². The Morgan fingerprint density at radius 3 is 2.40 bits per heavy atom. The number of phenols is 1. The fraction of sp³-hybridized carbons (Fsp3) is 0.350. The highest BCUT2D eigenvalue weighted by molar-refractivity contribution is 6.30. The molecule has 4 rings (SSSR count). The van der Waals surface area contributed by atoms with E-state index in [0.29, 0.717) is 29.2 Å². The first-order chi connectivity index (χ1) is 12.1. The first kappa shape index (κ1) is 16.4. The summed E-state index contributed by atoms with van der Waals surface area (Å²) in [5.74, 6) is 1.08. The van der Waals surface area contributed by atoms with Crippen molar-refractivity contribution in [2.75, 3.05) is 19.6 Å². The normalized spacial score (nSPS) is 22.5. The van der Waals surface area contributed by atoms with E-state index in [4.69, 9.17) is 11.6 Å². The van der Waals surface area contributed by atoms with E-state index in [1.165, 1.54) is 5.56 Å². The Kier molecular flexibility index (Phi) is 4.40. The molecule has 0 aliphatic carbocycles. The smallest absolute Gasteiger partial charge is 0.227 e. The van der Waals surface area contributed by atoms with Gasteiger partial charge in [0.1, 0.15) is 5.75 Å². The number of amides is 1. The maximum absolute atomic E-state index is 12.6. The molecule has 0 aromatic heterocycles. The van der Waals surface area contributed by atoms with Crippen molar-refractivity contribution in [1.29, 1.82) is 0 Å².